The number of anilines is 1. The van der Waals surface area contributed by atoms with Gasteiger partial charge in [-0.2, -0.15) is 0 Å². The summed E-state index contributed by atoms with van der Waals surface area (Å²) in [6.07, 6.45) is 2.28. The first-order valence-electron chi connectivity index (χ1n) is 8.04. The summed E-state index contributed by atoms with van der Waals surface area (Å²) in [6.45, 7) is 10.3. The van der Waals surface area contributed by atoms with Gasteiger partial charge >= 0.3 is 0 Å². The lowest BCUT2D eigenvalue weighted by molar-refractivity contribution is 0.0929. The Balaban J connectivity index is 2.14. The molecule has 3 nitrogen and oxygen atoms in total. The fourth-order valence-corrected chi connectivity index (χ4v) is 3.44. The van der Waals surface area contributed by atoms with Gasteiger partial charge in [-0.05, 0) is 59.9 Å². The molecule has 4 heteroatoms. The molecule has 1 N–H and O–H groups in total. The maximum Gasteiger partial charge on any atom is 0.0670 e. The van der Waals surface area contributed by atoms with Crippen LogP contribution in [0.2, 0.25) is 0 Å². The highest BCUT2D eigenvalue weighted by Crippen LogP contribution is 2.32. The third kappa shape index (κ3) is 4.21. The number of nitrogens with one attached hydrogen (secondary N) is 1. The molecule has 0 aliphatic carbocycles. The summed E-state index contributed by atoms with van der Waals surface area (Å²) in [6, 6.07) is 7.62. The molecule has 2 unspecified atom stereocenters. The molecule has 0 amide bonds. The topological polar surface area (TPSA) is 24.5 Å². The molecule has 0 saturated carbocycles. The van der Waals surface area contributed by atoms with E-state index in [1.54, 1.807) is 0 Å². The summed E-state index contributed by atoms with van der Waals surface area (Å²) in [7, 11) is 0. The molecule has 118 valence electrons. The molecule has 1 aromatic carbocycles. The molecule has 0 aromatic heterocycles. The third-order valence-corrected chi connectivity index (χ3v) is 4.82. The molecule has 2 atom stereocenters. The maximum atomic E-state index is 5.60. The molecule has 0 bridgehead atoms. The van der Waals surface area contributed by atoms with Gasteiger partial charge in [-0.25, -0.2) is 0 Å². The van der Waals surface area contributed by atoms with Crippen LogP contribution in [0.25, 0.3) is 0 Å². The molecule has 1 saturated heterocycles. The lowest BCUT2D eigenvalue weighted by Gasteiger charge is -2.37. The molecule has 2 rings (SSSR count). The highest BCUT2D eigenvalue weighted by atomic mass is 79.9. The van der Waals surface area contributed by atoms with Crippen LogP contribution >= 0.6 is 15.9 Å². The molecule has 1 fully saturated rings. The van der Waals surface area contributed by atoms with Crippen LogP contribution in [0.1, 0.15) is 45.2 Å². The van der Waals surface area contributed by atoms with Crippen LogP contribution in [0.3, 0.4) is 0 Å². The zero-order valence-corrected chi connectivity index (χ0v) is 14.9. The summed E-state index contributed by atoms with van der Waals surface area (Å²) in [5, 5.41) is 3.54. The molecule has 0 radical (unpaired) electrons. The second-order valence-electron chi connectivity index (χ2n) is 5.72. The van der Waals surface area contributed by atoms with Gasteiger partial charge in [0.05, 0.1) is 24.9 Å². The first kappa shape index (κ1) is 16.8. The van der Waals surface area contributed by atoms with E-state index in [4.69, 9.17) is 4.74 Å². The predicted molar refractivity (Wildman–Crippen MR) is 93.1 cm³/mol. The third-order valence-electron chi connectivity index (χ3n) is 4.18. The number of hydrogen-bond acceptors (Lipinski definition) is 3. The number of halogens is 1. The van der Waals surface area contributed by atoms with E-state index in [-0.39, 0.29) is 0 Å². The number of benzene rings is 1. The number of ether oxygens (including phenoxy) is 1. The minimum Gasteiger partial charge on any atom is -0.377 e. The summed E-state index contributed by atoms with van der Waals surface area (Å²) >= 11 is 3.77. The largest absolute Gasteiger partial charge is 0.377 e. The van der Waals surface area contributed by atoms with Gasteiger partial charge < -0.3 is 15.0 Å². The Morgan fingerprint density at radius 1 is 1.43 bits per heavy atom. The summed E-state index contributed by atoms with van der Waals surface area (Å²) in [4.78, 5) is 2.47. The van der Waals surface area contributed by atoms with E-state index in [2.05, 4.69) is 65.1 Å². The first-order valence-corrected chi connectivity index (χ1v) is 8.83. The molecule has 21 heavy (non-hydrogen) atoms. The summed E-state index contributed by atoms with van der Waals surface area (Å²) in [5.74, 6) is 0. The lowest BCUT2D eigenvalue weighted by Crippen LogP contribution is -2.45. The first-order chi connectivity index (χ1) is 10.2. The monoisotopic (exact) mass is 354 g/mol. The average Bonchev–Trinajstić information content (AvgIpc) is 2.52. The maximum absolute atomic E-state index is 5.60. The van der Waals surface area contributed by atoms with E-state index < -0.39 is 0 Å². The van der Waals surface area contributed by atoms with E-state index in [9.17, 15) is 0 Å². The van der Waals surface area contributed by atoms with Gasteiger partial charge in [-0.3, -0.25) is 0 Å². The minimum absolute atomic E-state index is 0.391. The summed E-state index contributed by atoms with van der Waals surface area (Å²) < 4.78 is 6.79. The quantitative estimate of drug-likeness (QED) is 0.831. The van der Waals surface area contributed by atoms with E-state index in [1.807, 2.05) is 0 Å². The molecular weight excluding hydrogens is 328 g/mol. The van der Waals surface area contributed by atoms with Gasteiger partial charge in [-0.15, -0.1) is 0 Å². The van der Waals surface area contributed by atoms with Gasteiger partial charge in [-0.1, -0.05) is 19.9 Å². The molecule has 1 aromatic rings. The van der Waals surface area contributed by atoms with Gasteiger partial charge in [0.2, 0.25) is 0 Å². The molecule has 1 aliphatic rings. The van der Waals surface area contributed by atoms with Crippen molar-refractivity contribution in [2.75, 3.05) is 31.2 Å². The Morgan fingerprint density at radius 2 is 2.24 bits per heavy atom. The SMILES string of the molecule is CCCNC(C)c1ccc(N2CCOCC2CC)c(Br)c1. The highest BCUT2D eigenvalue weighted by Gasteiger charge is 2.23. The normalized spacial score (nSPS) is 20.6. The van der Waals surface area contributed by atoms with Crippen molar-refractivity contribution in [2.45, 2.75) is 45.7 Å². The van der Waals surface area contributed by atoms with Crippen molar-refractivity contribution in [3.8, 4) is 0 Å². The molecule has 1 aliphatic heterocycles. The zero-order valence-electron chi connectivity index (χ0n) is 13.4. The van der Waals surface area contributed by atoms with Crippen molar-refractivity contribution in [3.63, 3.8) is 0 Å². The average molecular weight is 355 g/mol. The number of rotatable bonds is 6. The van der Waals surface area contributed by atoms with Crippen molar-refractivity contribution in [1.82, 2.24) is 5.32 Å². The smallest absolute Gasteiger partial charge is 0.0670 e. The Morgan fingerprint density at radius 3 is 2.90 bits per heavy atom. The number of hydrogen-bond donors (Lipinski definition) is 1. The Hall–Kier alpha value is -0.580. The Bertz CT molecular complexity index is 452. The van der Waals surface area contributed by atoms with Crippen LogP contribution in [0.5, 0.6) is 0 Å². The molecular formula is C17H27BrN2O. The van der Waals surface area contributed by atoms with Crippen LogP contribution in [-0.4, -0.2) is 32.3 Å². The van der Waals surface area contributed by atoms with Crippen LogP contribution < -0.4 is 10.2 Å². The zero-order chi connectivity index (χ0) is 15.2. The fraction of sp³-hybridized carbons (Fsp3) is 0.647. The highest BCUT2D eigenvalue weighted by molar-refractivity contribution is 9.10. The summed E-state index contributed by atoms with van der Waals surface area (Å²) in [5.41, 5.74) is 2.62. The molecule has 1 heterocycles. The Kier molecular flexibility index (Phi) is 6.52. The lowest BCUT2D eigenvalue weighted by atomic mass is 10.1. The standard InChI is InChI=1S/C17H27BrN2O/c1-4-8-19-13(3)14-6-7-17(16(18)11-14)20-9-10-21-12-15(20)5-2/h6-7,11,13,15,19H,4-5,8-10,12H2,1-3H3. The van der Waals surface area contributed by atoms with Gasteiger partial charge in [0.1, 0.15) is 0 Å². The number of morpholine rings is 1. The van der Waals surface area contributed by atoms with Crippen molar-refractivity contribution in [2.24, 2.45) is 0 Å². The fourth-order valence-electron chi connectivity index (χ4n) is 2.81. The van der Waals surface area contributed by atoms with Crippen molar-refractivity contribution in [1.29, 1.82) is 0 Å². The van der Waals surface area contributed by atoms with E-state index in [1.165, 1.54) is 15.7 Å². The van der Waals surface area contributed by atoms with Gasteiger partial charge in [0.25, 0.3) is 0 Å². The predicted octanol–water partition coefficient (Wildman–Crippen LogP) is 4.12. The van der Waals surface area contributed by atoms with E-state index >= 15 is 0 Å². The van der Waals surface area contributed by atoms with Crippen molar-refractivity contribution in [3.05, 3.63) is 28.2 Å². The van der Waals surface area contributed by atoms with Gasteiger partial charge in [0.15, 0.2) is 0 Å². The van der Waals surface area contributed by atoms with Crippen LogP contribution in [0.4, 0.5) is 5.69 Å². The molecule has 0 spiro atoms. The van der Waals surface area contributed by atoms with Crippen LogP contribution in [-0.2, 0) is 4.74 Å². The van der Waals surface area contributed by atoms with Crippen LogP contribution in [0, 0.1) is 0 Å². The second-order valence-corrected chi connectivity index (χ2v) is 6.57. The van der Waals surface area contributed by atoms with E-state index in [0.717, 1.165) is 39.1 Å². The Labute approximate surface area is 137 Å². The van der Waals surface area contributed by atoms with E-state index in [0.29, 0.717) is 12.1 Å². The van der Waals surface area contributed by atoms with Crippen LogP contribution in [0.15, 0.2) is 22.7 Å². The minimum atomic E-state index is 0.391. The second kappa shape index (κ2) is 8.16. The van der Waals surface area contributed by atoms with Gasteiger partial charge in [0, 0.05) is 17.1 Å². The van der Waals surface area contributed by atoms with Crippen molar-refractivity contribution >= 4 is 21.6 Å². The van der Waals surface area contributed by atoms with Crippen molar-refractivity contribution < 1.29 is 4.74 Å². The number of nitrogens with zero attached hydrogens (tertiary/aromatic N) is 1.